The number of hydrogen-bond donors (Lipinski definition) is 0. The van der Waals surface area contributed by atoms with Crippen LogP contribution >= 0.6 is 11.3 Å². The van der Waals surface area contributed by atoms with Gasteiger partial charge in [-0.2, -0.15) is 10.1 Å². The van der Waals surface area contributed by atoms with E-state index in [9.17, 15) is 4.79 Å². The quantitative estimate of drug-likeness (QED) is 0.729. The average Bonchev–Trinajstić information content (AvgIpc) is 3.06. The van der Waals surface area contributed by atoms with Crippen LogP contribution in [0.5, 0.6) is 0 Å². The molecule has 0 fully saturated rings. The third-order valence-corrected chi connectivity index (χ3v) is 3.99. The Balaban J connectivity index is 2.08. The summed E-state index contributed by atoms with van der Waals surface area (Å²) >= 11 is 1.45. The molecule has 0 unspecified atom stereocenters. The summed E-state index contributed by atoms with van der Waals surface area (Å²) in [6, 6.07) is 9.88. The highest BCUT2D eigenvalue weighted by molar-refractivity contribution is 7.07. The zero-order valence-corrected chi connectivity index (χ0v) is 12.5. The first-order chi connectivity index (χ1) is 10.1. The molecule has 0 spiro atoms. The van der Waals surface area contributed by atoms with Gasteiger partial charge in [0.25, 0.3) is 5.91 Å². The lowest BCUT2D eigenvalue weighted by molar-refractivity contribution is 0.0998. The molecule has 0 bridgehead atoms. The summed E-state index contributed by atoms with van der Waals surface area (Å²) in [4.78, 5) is 17.1. The van der Waals surface area contributed by atoms with Gasteiger partial charge >= 0.3 is 0 Å². The summed E-state index contributed by atoms with van der Waals surface area (Å²) in [7, 11) is 1.77. The summed E-state index contributed by atoms with van der Waals surface area (Å²) in [5.74, 6) is -0.283. The van der Waals surface area contributed by atoms with E-state index in [1.165, 1.54) is 17.5 Å². The minimum atomic E-state index is -0.283. The number of rotatable bonds is 2. The van der Waals surface area contributed by atoms with Crippen molar-refractivity contribution >= 4 is 17.2 Å². The standard InChI is InChI=1S/C15H14N4OS/c1-11-10-21-15(19(11)13-6-4-3-5-7-13)17-14(20)12-8-16-18(2)9-12/h3-10H,1-2H3. The smallest absolute Gasteiger partial charge is 0.282 e. The van der Waals surface area contributed by atoms with Crippen molar-refractivity contribution < 1.29 is 4.79 Å². The second-order valence-electron chi connectivity index (χ2n) is 4.65. The number of aromatic nitrogens is 3. The first kappa shape index (κ1) is 13.5. The minimum Gasteiger partial charge on any atom is -0.290 e. The number of thiazole rings is 1. The highest BCUT2D eigenvalue weighted by Crippen LogP contribution is 2.10. The molecule has 2 heterocycles. The van der Waals surface area contributed by atoms with Gasteiger partial charge in [-0.15, -0.1) is 11.3 Å². The van der Waals surface area contributed by atoms with Crippen LogP contribution in [0.2, 0.25) is 0 Å². The average molecular weight is 298 g/mol. The summed E-state index contributed by atoms with van der Waals surface area (Å²) < 4.78 is 3.56. The Hall–Kier alpha value is -2.47. The van der Waals surface area contributed by atoms with E-state index in [1.807, 2.05) is 47.2 Å². The fourth-order valence-corrected chi connectivity index (χ4v) is 2.92. The van der Waals surface area contributed by atoms with Crippen molar-refractivity contribution in [1.82, 2.24) is 14.3 Å². The summed E-state index contributed by atoms with van der Waals surface area (Å²) in [5.41, 5.74) is 2.53. The van der Waals surface area contributed by atoms with Crippen molar-refractivity contribution in [2.45, 2.75) is 6.92 Å². The molecule has 0 saturated carbocycles. The molecule has 0 aliphatic carbocycles. The van der Waals surface area contributed by atoms with Crippen molar-refractivity contribution in [1.29, 1.82) is 0 Å². The van der Waals surface area contributed by atoms with E-state index in [0.717, 1.165) is 11.4 Å². The maximum atomic E-state index is 12.2. The Morgan fingerprint density at radius 2 is 2.05 bits per heavy atom. The highest BCUT2D eigenvalue weighted by atomic mass is 32.1. The van der Waals surface area contributed by atoms with E-state index in [4.69, 9.17) is 0 Å². The molecule has 0 saturated heterocycles. The van der Waals surface area contributed by atoms with Gasteiger partial charge in [-0.3, -0.25) is 14.0 Å². The Morgan fingerprint density at radius 1 is 1.29 bits per heavy atom. The van der Waals surface area contributed by atoms with Crippen molar-refractivity contribution in [3.05, 3.63) is 64.2 Å². The van der Waals surface area contributed by atoms with Crippen LogP contribution in [0.4, 0.5) is 0 Å². The normalized spacial score (nSPS) is 11.8. The fourth-order valence-electron chi connectivity index (χ4n) is 2.04. The van der Waals surface area contributed by atoms with Gasteiger partial charge in [-0.1, -0.05) is 18.2 Å². The minimum absolute atomic E-state index is 0.283. The van der Waals surface area contributed by atoms with E-state index in [0.29, 0.717) is 10.4 Å². The van der Waals surface area contributed by atoms with Crippen LogP contribution in [0, 0.1) is 6.92 Å². The SMILES string of the molecule is Cc1csc(=NC(=O)c2cnn(C)c2)n1-c1ccccc1. The third-order valence-electron chi connectivity index (χ3n) is 3.04. The first-order valence-corrected chi connectivity index (χ1v) is 7.33. The molecule has 1 amide bonds. The van der Waals surface area contributed by atoms with Gasteiger partial charge in [0.1, 0.15) is 0 Å². The van der Waals surface area contributed by atoms with Gasteiger partial charge in [-0.25, -0.2) is 0 Å². The van der Waals surface area contributed by atoms with Crippen LogP contribution in [0.15, 0.2) is 53.1 Å². The predicted octanol–water partition coefficient (Wildman–Crippen LogP) is 2.32. The second kappa shape index (κ2) is 5.49. The Kier molecular flexibility index (Phi) is 3.53. The molecular formula is C15H14N4OS. The number of amides is 1. The number of nitrogens with zero attached hydrogens (tertiary/aromatic N) is 4. The summed E-state index contributed by atoms with van der Waals surface area (Å²) in [6.07, 6.45) is 3.19. The van der Waals surface area contributed by atoms with Gasteiger partial charge in [0.15, 0.2) is 4.80 Å². The molecule has 0 atom stereocenters. The van der Waals surface area contributed by atoms with Gasteiger partial charge in [-0.05, 0) is 19.1 Å². The monoisotopic (exact) mass is 298 g/mol. The number of para-hydroxylation sites is 1. The maximum absolute atomic E-state index is 12.2. The van der Waals surface area contributed by atoms with Crippen LogP contribution in [0.3, 0.4) is 0 Å². The van der Waals surface area contributed by atoms with Crippen LogP contribution in [-0.4, -0.2) is 20.3 Å². The molecule has 0 radical (unpaired) electrons. The zero-order chi connectivity index (χ0) is 14.8. The lowest BCUT2D eigenvalue weighted by Gasteiger charge is -2.04. The molecule has 0 aliphatic heterocycles. The molecule has 5 nitrogen and oxygen atoms in total. The van der Waals surface area contributed by atoms with E-state index in [-0.39, 0.29) is 5.91 Å². The predicted molar refractivity (Wildman–Crippen MR) is 81.5 cm³/mol. The topological polar surface area (TPSA) is 52.2 Å². The molecule has 2 aromatic heterocycles. The molecule has 106 valence electrons. The van der Waals surface area contributed by atoms with Crippen molar-refractivity contribution in [2.75, 3.05) is 0 Å². The fraction of sp³-hybridized carbons (Fsp3) is 0.133. The number of benzene rings is 1. The largest absolute Gasteiger partial charge is 0.290 e. The van der Waals surface area contributed by atoms with Gasteiger partial charge in [0.05, 0.1) is 11.8 Å². The molecule has 6 heteroatoms. The maximum Gasteiger partial charge on any atom is 0.282 e. The lowest BCUT2D eigenvalue weighted by atomic mass is 10.3. The van der Waals surface area contributed by atoms with Gasteiger partial charge in [0.2, 0.25) is 0 Å². The molecular weight excluding hydrogens is 284 g/mol. The number of hydrogen-bond acceptors (Lipinski definition) is 3. The summed E-state index contributed by atoms with van der Waals surface area (Å²) in [6.45, 7) is 2.00. The molecule has 3 aromatic rings. The van der Waals surface area contributed by atoms with Crippen LogP contribution < -0.4 is 4.80 Å². The van der Waals surface area contributed by atoms with Crippen LogP contribution in [0.25, 0.3) is 5.69 Å². The van der Waals surface area contributed by atoms with Gasteiger partial charge in [0, 0.05) is 30.0 Å². The third kappa shape index (κ3) is 2.71. The van der Waals surface area contributed by atoms with E-state index in [1.54, 1.807) is 17.9 Å². The van der Waals surface area contributed by atoms with Gasteiger partial charge < -0.3 is 0 Å². The Morgan fingerprint density at radius 3 is 2.71 bits per heavy atom. The van der Waals surface area contributed by atoms with E-state index in [2.05, 4.69) is 10.1 Å². The number of carbonyl (C=O) groups is 1. The van der Waals surface area contributed by atoms with Crippen LogP contribution in [-0.2, 0) is 7.05 Å². The summed E-state index contributed by atoms with van der Waals surface area (Å²) in [5, 5.41) is 5.99. The van der Waals surface area contributed by atoms with Crippen LogP contribution in [0.1, 0.15) is 16.1 Å². The van der Waals surface area contributed by atoms with E-state index < -0.39 is 0 Å². The first-order valence-electron chi connectivity index (χ1n) is 6.45. The molecule has 3 rings (SSSR count). The van der Waals surface area contributed by atoms with E-state index >= 15 is 0 Å². The lowest BCUT2D eigenvalue weighted by Crippen LogP contribution is -2.16. The highest BCUT2D eigenvalue weighted by Gasteiger charge is 2.09. The number of carbonyl (C=O) groups excluding carboxylic acids is 1. The molecule has 21 heavy (non-hydrogen) atoms. The second-order valence-corrected chi connectivity index (χ2v) is 5.49. The number of aryl methyl sites for hydroxylation is 2. The molecule has 1 aromatic carbocycles. The Labute approximate surface area is 125 Å². The van der Waals surface area contributed by atoms with Crippen molar-refractivity contribution in [3.8, 4) is 5.69 Å². The van der Waals surface area contributed by atoms with Crippen molar-refractivity contribution in [3.63, 3.8) is 0 Å². The van der Waals surface area contributed by atoms with Crippen molar-refractivity contribution in [2.24, 2.45) is 12.0 Å². The molecule has 0 N–H and O–H groups in total. The Bertz CT molecular complexity index is 842. The molecule has 0 aliphatic rings. The zero-order valence-electron chi connectivity index (χ0n) is 11.7.